The molecule has 0 fully saturated rings. The predicted molar refractivity (Wildman–Crippen MR) is 113 cm³/mol. The molecule has 0 aliphatic heterocycles. The number of ether oxygens (including phenoxy) is 1. The number of rotatable bonds is 6. The van der Waals surface area contributed by atoms with Crippen LogP contribution in [0.15, 0.2) is 41.5 Å². The van der Waals surface area contributed by atoms with Gasteiger partial charge in [0.15, 0.2) is 5.78 Å². The first-order valence-corrected chi connectivity index (χ1v) is 9.21. The first-order chi connectivity index (χ1) is 14.3. The van der Waals surface area contributed by atoms with Crippen LogP contribution in [0.2, 0.25) is 0 Å². The van der Waals surface area contributed by atoms with E-state index in [1.54, 1.807) is 38.3 Å². The molecule has 0 bridgehead atoms. The van der Waals surface area contributed by atoms with E-state index in [1.807, 2.05) is 0 Å². The highest BCUT2D eigenvalue weighted by atomic mass is 16.5. The topological polar surface area (TPSA) is 123 Å². The Balaban J connectivity index is 1.84. The van der Waals surface area contributed by atoms with Gasteiger partial charge in [0.2, 0.25) is 0 Å². The van der Waals surface area contributed by atoms with Crippen LogP contribution in [0.5, 0.6) is 5.75 Å². The molecule has 3 aromatic rings. The highest BCUT2D eigenvalue weighted by Crippen LogP contribution is 2.30. The summed E-state index contributed by atoms with van der Waals surface area (Å²) in [6.45, 7) is 3.82. The molecule has 0 atom stereocenters. The van der Waals surface area contributed by atoms with Gasteiger partial charge in [-0.25, -0.2) is 9.78 Å². The van der Waals surface area contributed by atoms with E-state index in [1.165, 1.54) is 23.9 Å². The van der Waals surface area contributed by atoms with E-state index in [-0.39, 0.29) is 28.3 Å². The number of hydrogen-bond acceptors (Lipinski definition) is 6. The number of Topliss-reactive ketones (excluding diaryl/α,β-unsaturated/α-hetero) is 1. The number of amides is 2. The van der Waals surface area contributed by atoms with Gasteiger partial charge in [-0.1, -0.05) is 0 Å². The Morgan fingerprint density at radius 3 is 2.67 bits per heavy atom. The lowest BCUT2D eigenvalue weighted by Gasteiger charge is -2.12. The summed E-state index contributed by atoms with van der Waals surface area (Å²) in [5.41, 5.74) is 1.58. The number of carbonyl (C=O) groups is 2. The zero-order valence-electron chi connectivity index (χ0n) is 16.9. The summed E-state index contributed by atoms with van der Waals surface area (Å²) in [4.78, 5) is 41.0. The van der Waals surface area contributed by atoms with Crippen LogP contribution in [0.3, 0.4) is 0 Å². The standard InChI is InChI=1S/C21H22N4O5/c1-12-8-15(13(2)26)19(27)18(9-12)24-21(29)23-14-4-5-17-16(10-14)20(28)25(11-22-17)6-7-30-3/h4-5,8-11,27H,6-7H2,1-3H3,(H2,23,24,29). The van der Waals surface area contributed by atoms with E-state index < -0.39 is 6.03 Å². The molecular formula is C21H22N4O5. The molecule has 0 aliphatic carbocycles. The van der Waals surface area contributed by atoms with Crippen LogP contribution >= 0.6 is 0 Å². The number of urea groups is 1. The van der Waals surface area contributed by atoms with Gasteiger partial charge in [0.1, 0.15) is 5.75 Å². The number of carbonyl (C=O) groups excluding carboxylic acids is 2. The number of methoxy groups -OCH3 is 1. The summed E-state index contributed by atoms with van der Waals surface area (Å²) in [6, 6.07) is 7.25. The lowest BCUT2D eigenvalue weighted by Crippen LogP contribution is -2.23. The third kappa shape index (κ3) is 4.47. The Hall–Kier alpha value is -3.72. The van der Waals surface area contributed by atoms with Crippen molar-refractivity contribution in [1.82, 2.24) is 9.55 Å². The monoisotopic (exact) mass is 410 g/mol. The van der Waals surface area contributed by atoms with Crippen molar-refractivity contribution in [3.05, 3.63) is 58.1 Å². The maximum Gasteiger partial charge on any atom is 0.323 e. The van der Waals surface area contributed by atoms with Gasteiger partial charge in [-0.2, -0.15) is 0 Å². The van der Waals surface area contributed by atoms with Crippen molar-refractivity contribution in [2.45, 2.75) is 20.4 Å². The fourth-order valence-electron chi connectivity index (χ4n) is 3.01. The second kappa shape index (κ2) is 8.75. The largest absolute Gasteiger partial charge is 0.505 e. The minimum atomic E-state index is -0.631. The van der Waals surface area contributed by atoms with E-state index in [2.05, 4.69) is 15.6 Å². The van der Waals surface area contributed by atoms with Gasteiger partial charge in [-0.05, 0) is 49.7 Å². The second-order valence-corrected chi connectivity index (χ2v) is 6.81. The lowest BCUT2D eigenvalue weighted by molar-refractivity contribution is 0.101. The second-order valence-electron chi connectivity index (χ2n) is 6.81. The van der Waals surface area contributed by atoms with Gasteiger partial charge in [0, 0.05) is 12.8 Å². The molecule has 0 spiro atoms. The molecule has 3 N–H and O–H groups in total. The van der Waals surface area contributed by atoms with Gasteiger partial charge in [-0.15, -0.1) is 0 Å². The molecule has 1 aromatic heterocycles. The Labute approximate surface area is 172 Å². The molecule has 0 aliphatic rings. The minimum Gasteiger partial charge on any atom is -0.505 e. The fourth-order valence-corrected chi connectivity index (χ4v) is 3.01. The quantitative estimate of drug-likeness (QED) is 0.424. The van der Waals surface area contributed by atoms with E-state index in [0.717, 1.165) is 0 Å². The van der Waals surface area contributed by atoms with Crippen LogP contribution in [-0.2, 0) is 11.3 Å². The molecule has 2 aromatic carbocycles. The van der Waals surface area contributed by atoms with Gasteiger partial charge >= 0.3 is 6.03 Å². The van der Waals surface area contributed by atoms with Crippen molar-refractivity contribution in [3.63, 3.8) is 0 Å². The van der Waals surface area contributed by atoms with Crippen LogP contribution in [0.25, 0.3) is 10.9 Å². The summed E-state index contributed by atoms with van der Waals surface area (Å²) < 4.78 is 6.43. The number of benzene rings is 2. The van der Waals surface area contributed by atoms with Gasteiger partial charge in [-0.3, -0.25) is 14.2 Å². The molecule has 156 valence electrons. The molecule has 0 saturated carbocycles. The van der Waals surface area contributed by atoms with Crippen molar-refractivity contribution in [2.24, 2.45) is 0 Å². The van der Waals surface area contributed by atoms with Crippen LogP contribution in [0, 0.1) is 6.92 Å². The summed E-state index contributed by atoms with van der Waals surface area (Å²) in [5, 5.41) is 15.8. The van der Waals surface area contributed by atoms with Crippen LogP contribution in [0.1, 0.15) is 22.8 Å². The summed E-state index contributed by atoms with van der Waals surface area (Å²) in [6.07, 6.45) is 1.45. The van der Waals surface area contributed by atoms with Crippen molar-refractivity contribution < 1.29 is 19.4 Å². The molecule has 0 saturated heterocycles. The van der Waals surface area contributed by atoms with E-state index in [4.69, 9.17) is 4.74 Å². The summed E-state index contributed by atoms with van der Waals surface area (Å²) in [5.74, 6) is -0.613. The number of phenols is 1. The zero-order chi connectivity index (χ0) is 21.8. The van der Waals surface area contributed by atoms with Gasteiger partial charge in [0.25, 0.3) is 5.56 Å². The zero-order valence-corrected chi connectivity index (χ0v) is 16.9. The van der Waals surface area contributed by atoms with Crippen LogP contribution < -0.4 is 16.2 Å². The molecule has 9 nitrogen and oxygen atoms in total. The normalized spacial score (nSPS) is 10.8. The highest BCUT2D eigenvalue weighted by Gasteiger charge is 2.15. The first kappa shape index (κ1) is 21.0. The maximum absolute atomic E-state index is 12.6. The molecule has 2 amide bonds. The van der Waals surface area contributed by atoms with E-state index in [9.17, 15) is 19.5 Å². The lowest BCUT2D eigenvalue weighted by atomic mass is 10.1. The summed E-state index contributed by atoms with van der Waals surface area (Å²) >= 11 is 0. The molecule has 9 heteroatoms. The molecule has 1 heterocycles. The minimum absolute atomic E-state index is 0.113. The molecule has 0 unspecified atom stereocenters. The fraction of sp³-hybridized carbons (Fsp3) is 0.238. The number of fused-ring (bicyclic) bond motifs is 1. The number of nitrogens with one attached hydrogen (secondary N) is 2. The average Bonchev–Trinajstić information content (AvgIpc) is 2.70. The number of phenolic OH excluding ortho intramolecular Hbond substituents is 1. The molecule has 0 radical (unpaired) electrons. The number of hydrogen-bond donors (Lipinski definition) is 3. The SMILES string of the molecule is COCCn1cnc2ccc(NC(=O)Nc3cc(C)cc(C(C)=O)c3O)cc2c1=O. The van der Waals surface area contributed by atoms with Gasteiger partial charge in [0.05, 0.1) is 41.6 Å². The van der Waals surface area contributed by atoms with Crippen LogP contribution in [0.4, 0.5) is 16.2 Å². The molecular weight excluding hydrogens is 388 g/mol. The number of nitrogens with zero attached hydrogens (tertiary/aromatic N) is 2. The third-order valence-corrected chi connectivity index (χ3v) is 4.50. The van der Waals surface area contributed by atoms with E-state index in [0.29, 0.717) is 35.3 Å². The van der Waals surface area contributed by atoms with E-state index >= 15 is 0 Å². The Morgan fingerprint density at radius 2 is 1.97 bits per heavy atom. The van der Waals surface area contributed by atoms with Crippen molar-refractivity contribution in [3.8, 4) is 5.75 Å². The third-order valence-electron chi connectivity index (χ3n) is 4.50. The van der Waals surface area contributed by atoms with Crippen LogP contribution in [-0.4, -0.2) is 40.2 Å². The highest BCUT2D eigenvalue weighted by molar-refractivity contribution is 6.04. The Morgan fingerprint density at radius 1 is 1.20 bits per heavy atom. The summed E-state index contributed by atoms with van der Waals surface area (Å²) in [7, 11) is 1.55. The van der Waals surface area contributed by atoms with Crippen molar-refractivity contribution in [1.29, 1.82) is 0 Å². The van der Waals surface area contributed by atoms with Gasteiger partial charge < -0.3 is 20.5 Å². The Bertz CT molecular complexity index is 1190. The number of anilines is 2. The first-order valence-electron chi connectivity index (χ1n) is 9.21. The smallest absolute Gasteiger partial charge is 0.323 e. The number of aromatic nitrogens is 2. The maximum atomic E-state index is 12.6. The number of ketones is 1. The van der Waals surface area contributed by atoms with Crippen molar-refractivity contribution in [2.75, 3.05) is 24.4 Å². The van der Waals surface area contributed by atoms with Crippen molar-refractivity contribution >= 4 is 34.1 Å². The number of aryl methyl sites for hydroxylation is 1. The predicted octanol–water partition coefficient (Wildman–Crippen LogP) is 2.90. The Kier molecular flexibility index (Phi) is 6.12. The molecule has 3 rings (SSSR count). The average molecular weight is 410 g/mol. The molecule has 30 heavy (non-hydrogen) atoms. The number of aromatic hydroxyl groups is 1.